The van der Waals surface area contributed by atoms with Crippen LogP contribution in [0.4, 0.5) is 0 Å². The second-order valence-electron chi connectivity index (χ2n) is 12.7. The highest BCUT2D eigenvalue weighted by atomic mass is 16.7. The van der Waals surface area contributed by atoms with Crippen molar-refractivity contribution in [2.45, 2.75) is 66.9 Å². The predicted octanol–water partition coefficient (Wildman–Crippen LogP) is 3.94. The van der Waals surface area contributed by atoms with Crippen LogP contribution in [0.1, 0.15) is 61.3 Å². The summed E-state index contributed by atoms with van der Waals surface area (Å²) in [6, 6.07) is 0. The molecular formula is C28H44O9. The number of carbonyl (C=O) groups is 4. The van der Waals surface area contributed by atoms with E-state index < -0.39 is 47.2 Å². The first-order chi connectivity index (χ1) is 17.1. The van der Waals surface area contributed by atoms with Gasteiger partial charge in [-0.2, -0.15) is 0 Å². The van der Waals surface area contributed by atoms with Gasteiger partial charge >= 0.3 is 23.9 Å². The number of rotatable bonds is 6. The van der Waals surface area contributed by atoms with Crippen LogP contribution in [-0.2, 0) is 33.4 Å². The van der Waals surface area contributed by atoms with Crippen molar-refractivity contribution < 1.29 is 43.6 Å². The molecular weight excluding hydrogens is 480 g/mol. The van der Waals surface area contributed by atoms with Gasteiger partial charge in [-0.05, 0) is 81.0 Å². The lowest BCUT2D eigenvalue weighted by atomic mass is 9.69. The standard InChI is InChI=1S/C15H24O4.C13H20O5/c1-7-8(2)10-6-9(7)11(13(16)17)12(10)14(18)19-15(3,4)5;1-6-7(2)9-4-8(6)10(12(14)15)11(9)13(16)18-5-17-3/h7-12H,6H2,1-5H3,(H,16,17);6-11H,4-5H2,1-3H3,(H,14,15). The molecule has 0 aliphatic heterocycles. The van der Waals surface area contributed by atoms with Gasteiger partial charge in [-0.15, -0.1) is 0 Å². The van der Waals surface area contributed by atoms with Crippen LogP contribution in [0.2, 0.25) is 0 Å². The highest BCUT2D eigenvalue weighted by molar-refractivity contribution is 5.83. The molecule has 0 amide bonds. The number of methoxy groups -OCH3 is 1. The van der Waals surface area contributed by atoms with Crippen LogP contribution in [0.25, 0.3) is 0 Å². The maximum atomic E-state index is 12.3. The molecule has 0 aromatic carbocycles. The van der Waals surface area contributed by atoms with Crippen molar-refractivity contribution in [1.82, 2.24) is 0 Å². The van der Waals surface area contributed by atoms with Crippen LogP contribution in [0.15, 0.2) is 0 Å². The Bertz CT molecular complexity index is 893. The Balaban J connectivity index is 0.000000206. The fourth-order valence-electron chi connectivity index (χ4n) is 7.91. The van der Waals surface area contributed by atoms with E-state index in [9.17, 15) is 29.4 Å². The molecule has 0 heterocycles. The lowest BCUT2D eigenvalue weighted by Crippen LogP contribution is -2.43. The molecule has 4 saturated carbocycles. The highest BCUT2D eigenvalue weighted by Gasteiger charge is 2.61. The Kier molecular flexibility index (Phi) is 8.67. The van der Waals surface area contributed by atoms with E-state index in [1.54, 1.807) is 0 Å². The first kappa shape index (κ1) is 29.4. The summed E-state index contributed by atoms with van der Waals surface area (Å²) in [4.78, 5) is 47.2. The van der Waals surface area contributed by atoms with Crippen molar-refractivity contribution in [3.05, 3.63) is 0 Å². The van der Waals surface area contributed by atoms with Gasteiger partial charge in [0.2, 0.25) is 0 Å². The maximum Gasteiger partial charge on any atom is 0.312 e. The molecule has 4 aliphatic rings. The van der Waals surface area contributed by atoms with E-state index in [-0.39, 0.29) is 36.4 Å². The number of fused-ring (bicyclic) bond motifs is 4. The van der Waals surface area contributed by atoms with Gasteiger partial charge < -0.3 is 24.4 Å². The van der Waals surface area contributed by atoms with Gasteiger partial charge in [0, 0.05) is 7.11 Å². The van der Waals surface area contributed by atoms with Crippen molar-refractivity contribution in [3.8, 4) is 0 Å². The molecule has 37 heavy (non-hydrogen) atoms. The molecule has 9 nitrogen and oxygen atoms in total. The van der Waals surface area contributed by atoms with E-state index in [0.29, 0.717) is 23.7 Å². The molecule has 2 N–H and O–H groups in total. The number of carboxylic acids is 2. The Labute approximate surface area is 219 Å². The minimum Gasteiger partial charge on any atom is -0.481 e. The van der Waals surface area contributed by atoms with Gasteiger partial charge in [-0.1, -0.05) is 27.7 Å². The first-order valence-corrected chi connectivity index (χ1v) is 13.5. The number of aliphatic carboxylic acids is 2. The van der Waals surface area contributed by atoms with Crippen LogP contribution in [-0.4, -0.2) is 53.6 Å². The lowest BCUT2D eigenvalue weighted by Gasteiger charge is -2.36. The Hall–Kier alpha value is -2.16. The summed E-state index contributed by atoms with van der Waals surface area (Å²) in [6.45, 7) is 13.8. The number of hydrogen-bond donors (Lipinski definition) is 2. The van der Waals surface area contributed by atoms with Gasteiger partial charge in [-0.25, -0.2) is 0 Å². The first-order valence-electron chi connectivity index (χ1n) is 13.5. The van der Waals surface area contributed by atoms with Gasteiger partial charge in [0.15, 0.2) is 6.79 Å². The average molecular weight is 525 g/mol. The molecule has 4 bridgehead atoms. The summed E-state index contributed by atoms with van der Waals surface area (Å²) < 4.78 is 15.1. The van der Waals surface area contributed by atoms with Gasteiger partial charge in [0.25, 0.3) is 0 Å². The predicted molar refractivity (Wildman–Crippen MR) is 133 cm³/mol. The normalized spacial score (nSPS) is 41.6. The van der Waals surface area contributed by atoms with Crippen LogP contribution in [0.5, 0.6) is 0 Å². The molecule has 9 heteroatoms. The zero-order chi connectivity index (χ0) is 28.0. The number of hydrogen-bond acceptors (Lipinski definition) is 7. The van der Waals surface area contributed by atoms with Crippen LogP contribution < -0.4 is 0 Å². The summed E-state index contributed by atoms with van der Waals surface area (Å²) in [5.41, 5.74) is -0.559. The van der Waals surface area contributed by atoms with Crippen molar-refractivity contribution in [1.29, 1.82) is 0 Å². The van der Waals surface area contributed by atoms with E-state index >= 15 is 0 Å². The summed E-state index contributed by atoms with van der Waals surface area (Å²) >= 11 is 0. The molecule has 0 aromatic heterocycles. The van der Waals surface area contributed by atoms with E-state index in [0.717, 1.165) is 12.8 Å². The Morgan fingerprint density at radius 2 is 1.03 bits per heavy atom. The third-order valence-corrected chi connectivity index (χ3v) is 9.91. The smallest absolute Gasteiger partial charge is 0.312 e. The van der Waals surface area contributed by atoms with Gasteiger partial charge in [0.1, 0.15) is 5.60 Å². The summed E-state index contributed by atoms with van der Waals surface area (Å²) in [5, 5.41) is 18.8. The number of ether oxygens (including phenoxy) is 3. The van der Waals surface area contributed by atoms with Crippen molar-refractivity contribution in [3.63, 3.8) is 0 Å². The maximum absolute atomic E-state index is 12.3. The van der Waals surface area contributed by atoms with E-state index in [2.05, 4.69) is 27.7 Å². The summed E-state index contributed by atoms with van der Waals surface area (Å²) in [7, 11) is 1.44. The number of carbonyl (C=O) groups excluding carboxylic acids is 2. The third-order valence-electron chi connectivity index (χ3n) is 9.91. The zero-order valence-electron chi connectivity index (χ0n) is 23.3. The topological polar surface area (TPSA) is 136 Å². The second kappa shape index (κ2) is 10.9. The fraction of sp³-hybridized carbons (Fsp3) is 0.857. The fourth-order valence-corrected chi connectivity index (χ4v) is 7.91. The molecule has 4 rings (SSSR count). The minimum absolute atomic E-state index is 0.0996. The van der Waals surface area contributed by atoms with Crippen molar-refractivity contribution in [2.24, 2.45) is 71.0 Å². The Morgan fingerprint density at radius 1 is 0.676 bits per heavy atom. The lowest BCUT2D eigenvalue weighted by molar-refractivity contribution is -0.171. The highest BCUT2D eigenvalue weighted by Crippen LogP contribution is 2.59. The van der Waals surface area contributed by atoms with E-state index in [1.165, 1.54) is 7.11 Å². The summed E-state index contributed by atoms with van der Waals surface area (Å²) in [5.74, 6) is -2.55. The Morgan fingerprint density at radius 3 is 1.35 bits per heavy atom. The van der Waals surface area contributed by atoms with Gasteiger partial charge in [0.05, 0.1) is 23.7 Å². The van der Waals surface area contributed by atoms with Crippen LogP contribution in [0.3, 0.4) is 0 Å². The molecule has 4 aliphatic carbocycles. The molecule has 4 fully saturated rings. The van der Waals surface area contributed by atoms with Crippen LogP contribution >= 0.6 is 0 Å². The van der Waals surface area contributed by atoms with Crippen LogP contribution in [0, 0.1) is 71.0 Å². The monoisotopic (exact) mass is 524 g/mol. The molecule has 210 valence electrons. The second-order valence-corrected chi connectivity index (χ2v) is 12.7. The SMILES string of the molecule is CC1C(C)C2CC1C(C(=O)O)C2C(=O)OC(C)(C)C.COCOC(=O)C1C2CC(C(C)C2C)C1C(=O)O. The quantitative estimate of drug-likeness (QED) is 0.391. The molecule has 0 aromatic rings. The zero-order valence-corrected chi connectivity index (χ0v) is 23.3. The number of esters is 2. The molecule has 0 spiro atoms. The third kappa shape index (κ3) is 5.52. The molecule has 0 radical (unpaired) electrons. The average Bonchev–Trinajstić information content (AvgIpc) is 3.52. The molecule has 0 saturated heterocycles. The van der Waals surface area contributed by atoms with Gasteiger partial charge in [-0.3, -0.25) is 19.2 Å². The molecule has 12 unspecified atom stereocenters. The van der Waals surface area contributed by atoms with E-state index in [4.69, 9.17) is 14.2 Å². The van der Waals surface area contributed by atoms with Crippen molar-refractivity contribution >= 4 is 23.9 Å². The molecule has 12 atom stereocenters. The summed E-state index contributed by atoms with van der Waals surface area (Å²) in [6.07, 6.45) is 1.68. The number of carboxylic acid groups (broad SMARTS) is 2. The van der Waals surface area contributed by atoms with Crippen molar-refractivity contribution in [2.75, 3.05) is 13.9 Å². The minimum atomic E-state index is -0.874. The largest absolute Gasteiger partial charge is 0.481 e. The van der Waals surface area contributed by atoms with E-state index in [1.807, 2.05) is 20.8 Å².